The summed E-state index contributed by atoms with van der Waals surface area (Å²) in [5.74, 6) is 0. The van der Waals surface area contributed by atoms with Crippen molar-refractivity contribution < 1.29 is 16.8 Å². The van der Waals surface area contributed by atoms with Crippen LogP contribution in [-0.4, -0.2) is 33.4 Å². The zero-order valence-electron chi connectivity index (χ0n) is 17.9. The Morgan fingerprint density at radius 3 is 1.25 bits per heavy atom. The summed E-state index contributed by atoms with van der Waals surface area (Å²) in [4.78, 5) is 4.40. The smallest absolute Gasteiger partial charge is 0.276 e. The molecule has 0 aliphatic carbocycles. The number of nitrogens with one attached hydrogen (secondary N) is 4. The molecule has 0 saturated heterocycles. The van der Waals surface area contributed by atoms with Crippen molar-refractivity contribution >= 4 is 60.2 Å². The normalized spacial score (nSPS) is 11.1. The molecular weight excluding hydrogens is 472 g/mol. The monoisotopic (exact) mass is 496 g/mol. The molecule has 13 heteroatoms. The fourth-order valence-electron chi connectivity index (χ4n) is 2.14. The van der Waals surface area contributed by atoms with Gasteiger partial charge < -0.3 is 10.6 Å². The minimum absolute atomic E-state index is 0.0555. The van der Waals surface area contributed by atoms with Gasteiger partial charge in [0.05, 0.1) is 9.79 Å². The first-order valence-corrected chi connectivity index (χ1v) is 12.6. The summed E-state index contributed by atoms with van der Waals surface area (Å²) in [5.41, 5.74) is 2.28. The third-order valence-corrected chi connectivity index (χ3v) is 6.28. The second kappa shape index (κ2) is 10.5. The van der Waals surface area contributed by atoms with Crippen LogP contribution in [-0.2, 0) is 20.0 Å². The standard InChI is InChI=1S/C19H24N6O4S3/c1-13(2)22-24-31(26,27)17-9-5-15(6-10-17)20-19(30)21-16-7-11-18(12-8-16)32(28,29)25-23-14(3)4/h5-12,24-25H,1-4H3,(H2,20,21,30). The Morgan fingerprint density at radius 2 is 0.969 bits per heavy atom. The Labute approximate surface area is 193 Å². The molecule has 4 N–H and O–H groups in total. The maximum atomic E-state index is 12.2. The fourth-order valence-corrected chi connectivity index (χ4v) is 4.18. The number of nitrogens with zero attached hydrogens (tertiary/aromatic N) is 2. The average Bonchev–Trinajstić information content (AvgIpc) is 2.72. The van der Waals surface area contributed by atoms with E-state index in [0.717, 1.165) is 0 Å². The van der Waals surface area contributed by atoms with Crippen molar-refractivity contribution in [3.63, 3.8) is 0 Å². The predicted octanol–water partition coefficient (Wildman–Crippen LogP) is 2.84. The minimum atomic E-state index is -3.75. The molecule has 2 aromatic rings. The first-order chi connectivity index (χ1) is 14.9. The predicted molar refractivity (Wildman–Crippen MR) is 131 cm³/mol. The van der Waals surface area contributed by atoms with E-state index in [1.165, 1.54) is 24.3 Å². The second-order valence-corrected chi connectivity index (χ2v) is 10.7. The third kappa shape index (κ3) is 7.59. The molecule has 32 heavy (non-hydrogen) atoms. The first kappa shape index (κ1) is 25.2. The van der Waals surface area contributed by atoms with Crippen LogP contribution in [0.2, 0.25) is 0 Å². The van der Waals surface area contributed by atoms with Crippen LogP contribution in [0.15, 0.2) is 68.5 Å². The third-order valence-electron chi connectivity index (χ3n) is 3.62. The number of hydrogen-bond acceptors (Lipinski definition) is 7. The number of hydrogen-bond donors (Lipinski definition) is 4. The first-order valence-electron chi connectivity index (χ1n) is 9.22. The molecule has 0 atom stereocenters. The van der Waals surface area contributed by atoms with Gasteiger partial charge in [-0.05, 0) is 88.4 Å². The van der Waals surface area contributed by atoms with Crippen LogP contribution < -0.4 is 20.3 Å². The molecule has 2 aromatic carbocycles. The van der Waals surface area contributed by atoms with Gasteiger partial charge in [-0.15, -0.1) is 0 Å². The van der Waals surface area contributed by atoms with Gasteiger partial charge in [-0.3, -0.25) is 0 Å². The highest BCUT2D eigenvalue weighted by Crippen LogP contribution is 2.16. The summed E-state index contributed by atoms with van der Waals surface area (Å²) in [6.45, 7) is 6.70. The highest BCUT2D eigenvalue weighted by atomic mass is 32.2. The lowest BCUT2D eigenvalue weighted by atomic mass is 10.3. The second-order valence-electron chi connectivity index (χ2n) is 6.94. The topological polar surface area (TPSA) is 141 Å². The van der Waals surface area contributed by atoms with E-state index in [1.807, 2.05) is 0 Å². The van der Waals surface area contributed by atoms with Crippen LogP contribution in [0.5, 0.6) is 0 Å². The largest absolute Gasteiger partial charge is 0.332 e. The van der Waals surface area contributed by atoms with Crippen LogP contribution in [0, 0.1) is 0 Å². The van der Waals surface area contributed by atoms with Crippen molar-refractivity contribution in [1.82, 2.24) is 9.66 Å². The van der Waals surface area contributed by atoms with Crippen molar-refractivity contribution in [2.75, 3.05) is 10.6 Å². The minimum Gasteiger partial charge on any atom is -0.332 e. The Kier molecular flexibility index (Phi) is 8.30. The van der Waals surface area contributed by atoms with Crippen LogP contribution in [0.3, 0.4) is 0 Å². The Balaban J connectivity index is 2.01. The summed E-state index contributed by atoms with van der Waals surface area (Å²) in [5, 5.41) is 13.5. The van der Waals surface area contributed by atoms with Crippen molar-refractivity contribution in [2.24, 2.45) is 10.2 Å². The Bertz CT molecular complexity index is 1130. The number of hydrazone groups is 2. The Hall–Kier alpha value is -3.03. The van der Waals surface area contributed by atoms with E-state index in [0.29, 0.717) is 22.8 Å². The van der Waals surface area contributed by atoms with E-state index >= 15 is 0 Å². The maximum Gasteiger partial charge on any atom is 0.276 e. The molecule has 0 aliphatic rings. The molecule has 0 saturated carbocycles. The molecule has 0 aliphatic heterocycles. The Morgan fingerprint density at radius 1 is 0.656 bits per heavy atom. The summed E-state index contributed by atoms with van der Waals surface area (Å²) in [6.07, 6.45) is 0. The van der Waals surface area contributed by atoms with Gasteiger partial charge in [0.25, 0.3) is 20.0 Å². The molecule has 0 bridgehead atoms. The molecule has 0 radical (unpaired) electrons. The zero-order chi connectivity index (χ0) is 23.9. The number of sulfonamides is 2. The number of rotatable bonds is 8. The molecule has 0 fully saturated rings. The van der Waals surface area contributed by atoms with Gasteiger partial charge in [-0.25, -0.2) is 9.66 Å². The van der Waals surface area contributed by atoms with Gasteiger partial charge in [-0.2, -0.15) is 27.0 Å². The van der Waals surface area contributed by atoms with Gasteiger partial charge >= 0.3 is 0 Å². The van der Waals surface area contributed by atoms with E-state index in [2.05, 4.69) is 30.5 Å². The van der Waals surface area contributed by atoms with Crippen LogP contribution in [0.25, 0.3) is 0 Å². The van der Waals surface area contributed by atoms with Crippen LogP contribution in [0.1, 0.15) is 27.7 Å². The van der Waals surface area contributed by atoms with Gasteiger partial charge in [0.1, 0.15) is 0 Å². The van der Waals surface area contributed by atoms with Crippen molar-refractivity contribution in [1.29, 1.82) is 0 Å². The number of benzene rings is 2. The lowest BCUT2D eigenvalue weighted by Gasteiger charge is -2.12. The van der Waals surface area contributed by atoms with E-state index in [4.69, 9.17) is 12.2 Å². The SMILES string of the molecule is CC(C)=NNS(=O)(=O)c1ccc(NC(=S)Nc2ccc(S(=O)(=O)NN=C(C)C)cc2)cc1. The maximum absolute atomic E-state index is 12.2. The molecule has 0 aromatic heterocycles. The lowest BCUT2D eigenvalue weighted by molar-refractivity contribution is 0.582. The summed E-state index contributed by atoms with van der Waals surface area (Å²) in [7, 11) is -7.50. The van der Waals surface area contributed by atoms with Crippen molar-refractivity contribution in [3.05, 3.63) is 48.5 Å². The summed E-state index contributed by atoms with van der Waals surface area (Å²) < 4.78 is 48.6. The quantitative estimate of drug-likeness (QED) is 0.250. The molecule has 0 heterocycles. The van der Waals surface area contributed by atoms with E-state index in [1.54, 1.807) is 52.0 Å². The highest BCUT2D eigenvalue weighted by molar-refractivity contribution is 7.89. The van der Waals surface area contributed by atoms with Crippen LogP contribution in [0.4, 0.5) is 11.4 Å². The molecular formula is C19H24N6O4S3. The van der Waals surface area contributed by atoms with E-state index in [-0.39, 0.29) is 14.9 Å². The molecule has 2 rings (SSSR count). The number of thiocarbonyl (C=S) groups is 1. The van der Waals surface area contributed by atoms with E-state index < -0.39 is 20.0 Å². The number of anilines is 2. The average molecular weight is 497 g/mol. The fraction of sp³-hybridized carbons (Fsp3) is 0.211. The molecule has 0 amide bonds. The summed E-state index contributed by atoms with van der Waals surface area (Å²) >= 11 is 5.25. The molecule has 0 spiro atoms. The lowest BCUT2D eigenvalue weighted by Crippen LogP contribution is -2.21. The van der Waals surface area contributed by atoms with Crippen molar-refractivity contribution in [2.45, 2.75) is 37.5 Å². The van der Waals surface area contributed by atoms with Crippen LogP contribution >= 0.6 is 12.2 Å². The molecule has 0 unspecified atom stereocenters. The van der Waals surface area contributed by atoms with Gasteiger partial charge in [0.15, 0.2) is 5.11 Å². The zero-order valence-corrected chi connectivity index (χ0v) is 20.3. The molecule has 172 valence electrons. The molecule has 10 nitrogen and oxygen atoms in total. The summed E-state index contributed by atoms with van der Waals surface area (Å²) in [6, 6.07) is 11.9. The van der Waals surface area contributed by atoms with Crippen molar-refractivity contribution in [3.8, 4) is 0 Å². The van der Waals surface area contributed by atoms with Gasteiger partial charge in [0, 0.05) is 22.8 Å². The van der Waals surface area contributed by atoms with Gasteiger partial charge in [0.2, 0.25) is 0 Å². The van der Waals surface area contributed by atoms with E-state index in [9.17, 15) is 16.8 Å². The van der Waals surface area contributed by atoms with Gasteiger partial charge in [-0.1, -0.05) is 0 Å². The highest BCUT2D eigenvalue weighted by Gasteiger charge is 2.14.